The summed E-state index contributed by atoms with van der Waals surface area (Å²) in [5.74, 6) is 1.12. The van der Waals surface area contributed by atoms with E-state index >= 15 is 0 Å². The van der Waals surface area contributed by atoms with Gasteiger partial charge in [-0.15, -0.1) is 0 Å². The summed E-state index contributed by atoms with van der Waals surface area (Å²) in [5.41, 5.74) is 6.38. The third kappa shape index (κ3) is 4.44. The van der Waals surface area contributed by atoms with Gasteiger partial charge >= 0.3 is 0 Å². The average Bonchev–Trinajstić information content (AvgIpc) is 2.72. The summed E-state index contributed by atoms with van der Waals surface area (Å²) in [5, 5.41) is 1.49. The van der Waals surface area contributed by atoms with Gasteiger partial charge in [0.25, 0.3) is 0 Å². The van der Waals surface area contributed by atoms with Crippen LogP contribution in [0.5, 0.6) is 0 Å². The fourth-order valence-corrected chi connectivity index (χ4v) is 5.86. The molecule has 0 radical (unpaired) electrons. The Balaban J connectivity index is 2.20. The lowest BCUT2D eigenvalue weighted by molar-refractivity contribution is 0.536. The third-order valence-electron chi connectivity index (χ3n) is 6.61. The summed E-state index contributed by atoms with van der Waals surface area (Å²) in [6, 6.07) is 22.0. The molecule has 0 saturated heterocycles. The summed E-state index contributed by atoms with van der Waals surface area (Å²) in [6.07, 6.45) is 2.18. The highest BCUT2D eigenvalue weighted by atomic mass is 28.3. The molecule has 2 heteroatoms. The summed E-state index contributed by atoms with van der Waals surface area (Å²) >= 11 is 0. The second kappa shape index (κ2) is 8.51. The van der Waals surface area contributed by atoms with Gasteiger partial charge in [0.2, 0.25) is 0 Å². The predicted molar refractivity (Wildman–Crippen MR) is 134 cm³/mol. The molecule has 1 heterocycles. The van der Waals surface area contributed by atoms with Crippen molar-refractivity contribution in [3.63, 3.8) is 0 Å². The fourth-order valence-electron chi connectivity index (χ4n) is 4.24. The average molecular weight is 416 g/mol. The summed E-state index contributed by atoms with van der Waals surface area (Å²) in [7, 11) is -1.48. The van der Waals surface area contributed by atoms with Gasteiger partial charge in [0.15, 0.2) is 0 Å². The molecule has 30 heavy (non-hydrogen) atoms. The second-order valence-corrected chi connectivity index (χ2v) is 15.5. The number of aromatic nitrogens is 1. The van der Waals surface area contributed by atoms with Crippen LogP contribution in [0, 0.1) is 5.92 Å². The van der Waals surface area contributed by atoms with Crippen LogP contribution in [-0.2, 0) is 5.41 Å². The van der Waals surface area contributed by atoms with Crippen LogP contribution >= 0.6 is 0 Å². The number of nitrogens with zero attached hydrogens (tertiary/aromatic N) is 1. The van der Waals surface area contributed by atoms with E-state index < -0.39 is 8.07 Å². The van der Waals surface area contributed by atoms with Crippen LogP contribution in [-0.4, -0.2) is 13.1 Å². The van der Waals surface area contributed by atoms with Crippen LogP contribution in [0.2, 0.25) is 19.6 Å². The molecule has 2 aromatic carbocycles. The Morgan fingerprint density at radius 3 is 2.03 bits per heavy atom. The Morgan fingerprint density at radius 2 is 1.43 bits per heavy atom. The highest BCUT2D eigenvalue weighted by molar-refractivity contribution is 6.89. The first-order valence-electron chi connectivity index (χ1n) is 11.2. The molecule has 0 saturated carbocycles. The quantitative estimate of drug-likeness (QED) is 0.383. The van der Waals surface area contributed by atoms with Crippen molar-refractivity contribution < 1.29 is 0 Å². The van der Waals surface area contributed by atoms with Crippen molar-refractivity contribution in [1.29, 1.82) is 0 Å². The standard InChI is InChI=1S/C28H37NSi/c1-20(2)21(3)24-18-26(29-19-27(24)30(6,7)8)23-16-12-13-17-25(23)28(4,5)22-14-10-9-11-15-22/h9-21H,1-8H3. The highest BCUT2D eigenvalue weighted by Crippen LogP contribution is 2.38. The molecular formula is C28H37NSi. The van der Waals surface area contributed by atoms with Crippen molar-refractivity contribution in [3.8, 4) is 11.3 Å². The maximum atomic E-state index is 5.02. The molecule has 1 aromatic heterocycles. The lowest BCUT2D eigenvalue weighted by Crippen LogP contribution is -2.41. The minimum absolute atomic E-state index is 0.0964. The van der Waals surface area contributed by atoms with E-state index in [0.29, 0.717) is 11.8 Å². The van der Waals surface area contributed by atoms with Gasteiger partial charge in [-0.2, -0.15) is 0 Å². The van der Waals surface area contributed by atoms with E-state index in [1.165, 1.54) is 27.4 Å². The zero-order chi connectivity index (χ0) is 22.1. The van der Waals surface area contributed by atoms with Gasteiger partial charge in [-0.3, -0.25) is 4.98 Å². The van der Waals surface area contributed by atoms with E-state index in [1.54, 1.807) is 0 Å². The topological polar surface area (TPSA) is 12.9 Å². The number of hydrogen-bond donors (Lipinski definition) is 0. The number of hydrogen-bond acceptors (Lipinski definition) is 1. The summed E-state index contributed by atoms with van der Waals surface area (Å²) < 4.78 is 0. The van der Waals surface area contributed by atoms with Crippen LogP contribution < -0.4 is 5.19 Å². The number of rotatable bonds is 6. The Hall–Kier alpha value is -2.19. The molecule has 1 atom stereocenters. The van der Waals surface area contributed by atoms with Gasteiger partial charge in [0, 0.05) is 17.2 Å². The van der Waals surface area contributed by atoms with E-state index in [4.69, 9.17) is 4.98 Å². The van der Waals surface area contributed by atoms with Crippen LogP contribution in [0.15, 0.2) is 66.9 Å². The van der Waals surface area contributed by atoms with Gasteiger partial charge in [-0.1, -0.05) is 109 Å². The van der Waals surface area contributed by atoms with Gasteiger partial charge < -0.3 is 0 Å². The maximum Gasteiger partial charge on any atom is 0.0799 e. The Bertz CT molecular complexity index is 997. The van der Waals surface area contributed by atoms with Crippen molar-refractivity contribution in [3.05, 3.63) is 83.6 Å². The predicted octanol–water partition coefficient (Wildman–Crippen LogP) is 7.38. The minimum Gasteiger partial charge on any atom is -0.256 e. The normalized spacial score (nSPS) is 13.5. The highest BCUT2D eigenvalue weighted by Gasteiger charge is 2.28. The van der Waals surface area contributed by atoms with Crippen molar-refractivity contribution in [2.75, 3.05) is 0 Å². The summed E-state index contributed by atoms with van der Waals surface area (Å²) in [4.78, 5) is 5.02. The van der Waals surface area contributed by atoms with Crippen LogP contribution in [0.25, 0.3) is 11.3 Å². The van der Waals surface area contributed by atoms with E-state index in [9.17, 15) is 0 Å². The molecule has 0 aliphatic rings. The van der Waals surface area contributed by atoms with Crippen LogP contribution in [0.4, 0.5) is 0 Å². The van der Waals surface area contributed by atoms with Crippen molar-refractivity contribution in [1.82, 2.24) is 4.98 Å². The molecule has 1 unspecified atom stereocenters. The Kier molecular flexibility index (Phi) is 6.38. The SMILES string of the molecule is CC(C)C(C)c1cc(-c2ccccc2C(C)(C)c2ccccc2)ncc1[Si](C)(C)C. The van der Waals surface area contributed by atoms with Gasteiger partial charge in [0.05, 0.1) is 13.8 Å². The van der Waals surface area contributed by atoms with E-state index in [-0.39, 0.29) is 5.41 Å². The fraction of sp³-hybridized carbons (Fsp3) is 0.393. The maximum absolute atomic E-state index is 5.02. The molecule has 0 aliphatic carbocycles. The van der Waals surface area contributed by atoms with Crippen molar-refractivity contribution in [2.24, 2.45) is 5.92 Å². The lowest BCUT2D eigenvalue weighted by atomic mass is 9.75. The van der Waals surface area contributed by atoms with Crippen LogP contribution in [0.1, 0.15) is 57.2 Å². The zero-order valence-electron chi connectivity index (χ0n) is 20.0. The molecule has 0 bridgehead atoms. The molecule has 158 valence electrons. The first-order valence-corrected chi connectivity index (χ1v) is 14.7. The van der Waals surface area contributed by atoms with Crippen molar-refractivity contribution in [2.45, 2.75) is 65.6 Å². The summed E-state index contributed by atoms with van der Waals surface area (Å²) in [6.45, 7) is 18.9. The third-order valence-corrected chi connectivity index (χ3v) is 8.64. The first-order chi connectivity index (χ1) is 14.0. The van der Waals surface area contributed by atoms with E-state index in [2.05, 4.69) is 121 Å². The molecule has 3 aromatic rings. The Labute approximate surface area is 184 Å². The van der Waals surface area contributed by atoms with Crippen LogP contribution in [0.3, 0.4) is 0 Å². The molecule has 1 nitrogen and oxygen atoms in total. The van der Waals surface area contributed by atoms with E-state index in [0.717, 1.165) is 5.69 Å². The van der Waals surface area contributed by atoms with Gasteiger partial charge in [0.1, 0.15) is 0 Å². The zero-order valence-corrected chi connectivity index (χ0v) is 21.0. The van der Waals surface area contributed by atoms with Crippen molar-refractivity contribution >= 4 is 13.3 Å². The van der Waals surface area contributed by atoms with Gasteiger partial charge in [-0.25, -0.2) is 0 Å². The van der Waals surface area contributed by atoms with E-state index in [1.807, 2.05) is 0 Å². The number of pyridine rings is 1. The molecule has 0 fully saturated rings. The smallest absolute Gasteiger partial charge is 0.0799 e. The Morgan fingerprint density at radius 1 is 0.833 bits per heavy atom. The molecule has 3 rings (SSSR count). The largest absolute Gasteiger partial charge is 0.256 e. The second-order valence-electron chi connectivity index (χ2n) is 10.5. The minimum atomic E-state index is -1.48. The lowest BCUT2D eigenvalue weighted by Gasteiger charge is -2.30. The monoisotopic (exact) mass is 415 g/mol. The molecule has 0 spiro atoms. The molecule has 0 N–H and O–H groups in total. The molecule has 0 amide bonds. The van der Waals surface area contributed by atoms with Gasteiger partial charge in [-0.05, 0) is 39.8 Å². The number of benzene rings is 2. The molecule has 0 aliphatic heterocycles. The first kappa shape index (κ1) is 22.5. The molecular weight excluding hydrogens is 378 g/mol.